The molecule has 1 amide bonds. The molecular formula is C14H13NO7. The number of carbonyl (C=O) groups excluding carboxylic acids is 2. The molecule has 22 heavy (non-hydrogen) atoms. The lowest BCUT2D eigenvalue weighted by Gasteiger charge is -2.13. The molecule has 1 rings (SSSR count). The molecule has 4 N–H and O–H groups in total. The maximum atomic E-state index is 11.4. The van der Waals surface area contributed by atoms with E-state index in [0.717, 1.165) is 18.2 Å². The summed E-state index contributed by atoms with van der Waals surface area (Å²) in [7, 11) is 0. The van der Waals surface area contributed by atoms with E-state index in [1.54, 1.807) is 0 Å². The van der Waals surface area contributed by atoms with Crippen LogP contribution in [-0.4, -0.2) is 40.6 Å². The quantitative estimate of drug-likeness (QED) is 0.490. The number of hydrogen-bond acceptors (Lipinski definition) is 5. The van der Waals surface area contributed by atoms with Gasteiger partial charge in [-0.15, -0.1) is 0 Å². The van der Waals surface area contributed by atoms with Crippen molar-refractivity contribution in [2.75, 3.05) is 6.61 Å². The molecule has 0 aliphatic carbocycles. The zero-order valence-corrected chi connectivity index (χ0v) is 11.4. The van der Waals surface area contributed by atoms with Crippen molar-refractivity contribution in [3.63, 3.8) is 0 Å². The van der Waals surface area contributed by atoms with Crippen molar-refractivity contribution in [3.8, 4) is 0 Å². The van der Waals surface area contributed by atoms with Crippen LogP contribution < -0.4 is 5.73 Å². The van der Waals surface area contributed by atoms with Gasteiger partial charge in [-0.2, -0.15) is 0 Å². The molecule has 0 radical (unpaired) electrons. The molecule has 1 aromatic carbocycles. The lowest BCUT2D eigenvalue weighted by atomic mass is 9.93. The van der Waals surface area contributed by atoms with Gasteiger partial charge in [-0.25, -0.2) is 14.4 Å². The van der Waals surface area contributed by atoms with Gasteiger partial charge in [0.05, 0.1) is 23.3 Å². The Hall–Kier alpha value is -3.16. The molecule has 0 bridgehead atoms. The topological polar surface area (TPSA) is 144 Å². The van der Waals surface area contributed by atoms with Crippen LogP contribution in [0.5, 0.6) is 0 Å². The number of rotatable bonds is 7. The number of amides is 1. The molecule has 0 heterocycles. The summed E-state index contributed by atoms with van der Waals surface area (Å²) in [5.74, 6) is -4.61. The minimum Gasteiger partial charge on any atom is -0.478 e. The first kappa shape index (κ1) is 16.9. The molecule has 0 unspecified atom stereocenters. The monoisotopic (exact) mass is 307 g/mol. The number of benzene rings is 1. The highest BCUT2D eigenvalue weighted by atomic mass is 16.5. The fraction of sp³-hybridized carbons (Fsp3) is 0.143. The Bertz CT molecular complexity index is 663. The SMILES string of the molecule is C=CC(=O)OCCc1c(C(=O)O)ccc(C(N)=O)c1C(=O)O. The molecule has 0 aliphatic rings. The smallest absolute Gasteiger partial charge is 0.336 e. The van der Waals surface area contributed by atoms with Gasteiger partial charge in [-0.3, -0.25) is 4.79 Å². The molecule has 116 valence electrons. The Morgan fingerprint density at radius 1 is 1.14 bits per heavy atom. The molecule has 0 aliphatic heterocycles. The van der Waals surface area contributed by atoms with Crippen LogP contribution >= 0.6 is 0 Å². The molecule has 0 aromatic heterocycles. The number of ether oxygens (including phenoxy) is 1. The molecule has 0 saturated carbocycles. The largest absolute Gasteiger partial charge is 0.478 e. The van der Waals surface area contributed by atoms with Crippen LogP contribution in [0.1, 0.15) is 36.6 Å². The summed E-state index contributed by atoms with van der Waals surface area (Å²) in [5.41, 5.74) is 3.81. The van der Waals surface area contributed by atoms with E-state index in [0.29, 0.717) is 0 Å². The molecule has 0 spiro atoms. The third kappa shape index (κ3) is 3.69. The summed E-state index contributed by atoms with van der Waals surface area (Å²) in [6, 6.07) is 2.12. The lowest BCUT2D eigenvalue weighted by Crippen LogP contribution is -2.21. The molecule has 1 aromatic rings. The second-order valence-corrected chi connectivity index (χ2v) is 4.11. The van der Waals surface area contributed by atoms with Crippen molar-refractivity contribution >= 4 is 23.8 Å². The van der Waals surface area contributed by atoms with Crippen LogP contribution in [0.15, 0.2) is 24.8 Å². The third-order valence-corrected chi connectivity index (χ3v) is 2.79. The first-order chi connectivity index (χ1) is 10.3. The highest BCUT2D eigenvalue weighted by Gasteiger charge is 2.24. The van der Waals surface area contributed by atoms with Crippen molar-refractivity contribution in [2.24, 2.45) is 5.73 Å². The number of carbonyl (C=O) groups is 4. The fourth-order valence-corrected chi connectivity index (χ4v) is 1.87. The Kier molecular flexibility index (Phi) is 5.39. The fourth-order valence-electron chi connectivity index (χ4n) is 1.87. The number of nitrogens with two attached hydrogens (primary N) is 1. The van der Waals surface area contributed by atoms with Gasteiger partial charge in [0.2, 0.25) is 5.91 Å². The second-order valence-electron chi connectivity index (χ2n) is 4.11. The molecular weight excluding hydrogens is 294 g/mol. The number of primary amides is 1. The molecule has 8 nitrogen and oxygen atoms in total. The van der Waals surface area contributed by atoms with E-state index < -0.39 is 29.4 Å². The first-order valence-corrected chi connectivity index (χ1v) is 6.01. The maximum Gasteiger partial charge on any atom is 0.336 e. The Labute approximate surface area is 124 Å². The van der Waals surface area contributed by atoms with Crippen molar-refractivity contribution in [2.45, 2.75) is 6.42 Å². The van der Waals surface area contributed by atoms with Gasteiger partial charge < -0.3 is 20.7 Å². The van der Waals surface area contributed by atoms with E-state index in [1.807, 2.05) is 0 Å². The standard InChI is InChI=1S/C14H13NO7/c1-2-10(16)22-6-5-7-8(13(18)19)3-4-9(12(15)17)11(7)14(20)21/h2-4H,1,5-6H2,(H2,15,17)(H,18,19)(H,20,21). The van der Waals surface area contributed by atoms with E-state index >= 15 is 0 Å². The lowest BCUT2D eigenvalue weighted by molar-refractivity contribution is -0.137. The predicted molar refractivity (Wildman–Crippen MR) is 73.7 cm³/mol. The van der Waals surface area contributed by atoms with Crippen LogP contribution in [-0.2, 0) is 16.0 Å². The molecule has 0 fully saturated rings. The summed E-state index contributed by atoms with van der Waals surface area (Å²) in [5, 5.41) is 18.4. The minimum atomic E-state index is -1.50. The number of esters is 1. The Morgan fingerprint density at radius 2 is 1.73 bits per heavy atom. The van der Waals surface area contributed by atoms with Gasteiger partial charge in [0, 0.05) is 12.5 Å². The van der Waals surface area contributed by atoms with Crippen LogP contribution in [0.25, 0.3) is 0 Å². The number of aromatic carboxylic acids is 2. The highest BCUT2D eigenvalue weighted by Crippen LogP contribution is 2.21. The van der Waals surface area contributed by atoms with Crippen molar-refractivity contribution in [1.82, 2.24) is 0 Å². The average molecular weight is 307 g/mol. The van der Waals surface area contributed by atoms with Crippen molar-refractivity contribution in [3.05, 3.63) is 47.0 Å². The van der Waals surface area contributed by atoms with Gasteiger partial charge in [-0.1, -0.05) is 6.58 Å². The van der Waals surface area contributed by atoms with Gasteiger partial charge >= 0.3 is 17.9 Å². The summed E-state index contributed by atoms with van der Waals surface area (Å²) in [4.78, 5) is 44.8. The van der Waals surface area contributed by atoms with Crippen LogP contribution in [0.3, 0.4) is 0 Å². The van der Waals surface area contributed by atoms with Gasteiger partial charge in [-0.05, 0) is 17.7 Å². The van der Waals surface area contributed by atoms with E-state index in [-0.39, 0.29) is 29.7 Å². The van der Waals surface area contributed by atoms with Crippen molar-refractivity contribution < 1.29 is 34.1 Å². The summed E-state index contributed by atoms with van der Waals surface area (Å²) < 4.78 is 4.71. The van der Waals surface area contributed by atoms with Crippen LogP contribution in [0, 0.1) is 0 Å². The third-order valence-electron chi connectivity index (χ3n) is 2.79. The summed E-state index contributed by atoms with van der Waals surface area (Å²) in [6.45, 7) is 2.92. The zero-order chi connectivity index (χ0) is 16.9. The van der Waals surface area contributed by atoms with E-state index in [1.165, 1.54) is 0 Å². The van der Waals surface area contributed by atoms with E-state index in [9.17, 15) is 24.3 Å². The minimum absolute atomic E-state index is 0.145. The zero-order valence-electron chi connectivity index (χ0n) is 11.4. The summed E-state index contributed by atoms with van der Waals surface area (Å²) >= 11 is 0. The van der Waals surface area contributed by atoms with Gasteiger partial charge in [0.25, 0.3) is 0 Å². The number of carboxylic acid groups (broad SMARTS) is 2. The molecule has 0 saturated heterocycles. The average Bonchev–Trinajstić information content (AvgIpc) is 2.45. The normalized spacial score (nSPS) is 9.82. The molecule has 0 atom stereocenters. The maximum absolute atomic E-state index is 11.4. The van der Waals surface area contributed by atoms with Gasteiger partial charge in [0.1, 0.15) is 0 Å². The highest BCUT2D eigenvalue weighted by molar-refractivity contribution is 6.07. The second kappa shape index (κ2) is 7.02. The van der Waals surface area contributed by atoms with Crippen LogP contribution in [0.2, 0.25) is 0 Å². The van der Waals surface area contributed by atoms with Crippen LogP contribution in [0.4, 0.5) is 0 Å². The van der Waals surface area contributed by atoms with E-state index in [2.05, 4.69) is 6.58 Å². The van der Waals surface area contributed by atoms with Gasteiger partial charge in [0.15, 0.2) is 0 Å². The predicted octanol–water partition coefficient (Wildman–Crippen LogP) is 0.454. The Morgan fingerprint density at radius 3 is 2.18 bits per heavy atom. The number of hydrogen-bond donors (Lipinski definition) is 3. The van der Waals surface area contributed by atoms with E-state index in [4.69, 9.17) is 15.6 Å². The Balaban J connectivity index is 3.34. The van der Waals surface area contributed by atoms with Crippen molar-refractivity contribution in [1.29, 1.82) is 0 Å². The summed E-state index contributed by atoms with van der Waals surface area (Å²) in [6.07, 6.45) is 0.708. The first-order valence-electron chi connectivity index (χ1n) is 6.01. The number of carboxylic acids is 2. The molecule has 8 heteroatoms.